The number of thiazole rings is 1. The van der Waals surface area contributed by atoms with Crippen LogP contribution in [0, 0.1) is 0 Å². The Kier molecular flexibility index (Phi) is 5.98. The van der Waals surface area contributed by atoms with Crippen LogP contribution in [0.25, 0.3) is 10.6 Å². The lowest BCUT2D eigenvalue weighted by Crippen LogP contribution is -2.32. The Morgan fingerprint density at radius 1 is 1.15 bits per heavy atom. The number of carbonyl (C=O) groups is 2. The molecular formula is C18H17N3O3S2. The second-order valence-corrected chi connectivity index (χ2v) is 7.01. The zero-order chi connectivity index (χ0) is 18.4. The average molecular weight is 387 g/mol. The number of carbonyl (C=O) groups excluding carboxylic acids is 2. The van der Waals surface area contributed by atoms with Crippen molar-refractivity contribution >= 4 is 39.6 Å². The first-order valence-electron chi connectivity index (χ1n) is 7.96. The molecular weight excluding hydrogens is 370 g/mol. The lowest BCUT2D eigenvalue weighted by molar-refractivity contribution is -0.115. The van der Waals surface area contributed by atoms with Gasteiger partial charge in [-0.05, 0) is 42.6 Å². The largest absolute Gasteiger partial charge is 0.494 e. The minimum absolute atomic E-state index is 0.125. The fraction of sp³-hybridized carbons (Fsp3) is 0.167. The molecule has 2 N–H and O–H groups in total. The van der Waals surface area contributed by atoms with Gasteiger partial charge in [0.05, 0.1) is 23.7 Å². The first-order chi connectivity index (χ1) is 12.7. The Morgan fingerprint density at radius 3 is 2.65 bits per heavy atom. The summed E-state index contributed by atoms with van der Waals surface area (Å²) in [4.78, 5) is 29.5. The van der Waals surface area contributed by atoms with Gasteiger partial charge in [-0.15, -0.1) is 22.7 Å². The number of nitrogens with one attached hydrogen (secondary N) is 2. The summed E-state index contributed by atoms with van der Waals surface area (Å²) >= 11 is 2.94. The van der Waals surface area contributed by atoms with E-state index in [-0.39, 0.29) is 18.4 Å². The Morgan fingerprint density at radius 2 is 1.96 bits per heavy atom. The number of thiophene rings is 1. The highest BCUT2D eigenvalue weighted by Crippen LogP contribution is 2.28. The molecule has 1 aromatic carbocycles. The number of ether oxygens (including phenoxy) is 1. The number of amides is 2. The summed E-state index contributed by atoms with van der Waals surface area (Å²) in [6, 6.07) is 10.7. The molecule has 6 nitrogen and oxygen atoms in total. The Balaban J connectivity index is 1.50. The lowest BCUT2D eigenvalue weighted by atomic mass is 10.2. The minimum atomic E-state index is -0.323. The number of aromatic nitrogens is 1. The molecule has 0 aliphatic heterocycles. The fourth-order valence-corrected chi connectivity index (χ4v) is 3.65. The van der Waals surface area contributed by atoms with E-state index in [0.717, 1.165) is 10.6 Å². The zero-order valence-corrected chi connectivity index (χ0v) is 15.7. The van der Waals surface area contributed by atoms with Gasteiger partial charge in [-0.3, -0.25) is 9.59 Å². The minimum Gasteiger partial charge on any atom is -0.494 e. The first-order valence-corrected chi connectivity index (χ1v) is 9.72. The molecule has 3 rings (SSSR count). The van der Waals surface area contributed by atoms with Crippen molar-refractivity contribution in [2.75, 3.05) is 18.5 Å². The molecule has 0 unspecified atom stereocenters. The van der Waals surface area contributed by atoms with Crippen molar-refractivity contribution in [3.05, 3.63) is 52.7 Å². The van der Waals surface area contributed by atoms with E-state index in [1.165, 1.54) is 11.3 Å². The van der Waals surface area contributed by atoms with E-state index in [1.807, 2.05) is 29.8 Å². The summed E-state index contributed by atoms with van der Waals surface area (Å²) in [5.41, 5.74) is 1.30. The zero-order valence-electron chi connectivity index (χ0n) is 14.0. The maximum atomic E-state index is 12.1. The Labute approximate surface area is 158 Å². The van der Waals surface area contributed by atoms with Crippen molar-refractivity contribution in [2.45, 2.75) is 6.92 Å². The maximum absolute atomic E-state index is 12.1. The quantitative estimate of drug-likeness (QED) is 0.649. The average Bonchev–Trinajstić information content (AvgIpc) is 3.32. The fourth-order valence-electron chi connectivity index (χ4n) is 2.16. The van der Waals surface area contributed by atoms with Crippen LogP contribution in [-0.4, -0.2) is 29.9 Å². The van der Waals surface area contributed by atoms with Gasteiger partial charge in [0.2, 0.25) is 5.91 Å². The van der Waals surface area contributed by atoms with E-state index in [2.05, 4.69) is 15.6 Å². The molecule has 2 amide bonds. The van der Waals surface area contributed by atoms with Crippen molar-refractivity contribution < 1.29 is 14.3 Å². The van der Waals surface area contributed by atoms with Crippen molar-refractivity contribution in [3.63, 3.8) is 0 Å². The van der Waals surface area contributed by atoms with Crippen molar-refractivity contribution in [1.82, 2.24) is 10.3 Å². The van der Waals surface area contributed by atoms with Gasteiger partial charge >= 0.3 is 0 Å². The monoisotopic (exact) mass is 387 g/mol. The third-order valence-corrected chi connectivity index (χ3v) is 5.01. The summed E-state index contributed by atoms with van der Waals surface area (Å²) in [5, 5.41) is 9.66. The van der Waals surface area contributed by atoms with Crippen LogP contribution >= 0.6 is 22.7 Å². The number of rotatable bonds is 7. The molecule has 2 aromatic heterocycles. The molecule has 0 saturated heterocycles. The SMILES string of the molecule is CCOc1ccc(C(=O)NCC(=O)Nc2nc(-c3cccs3)cs2)cc1. The Hall–Kier alpha value is -2.71. The van der Waals surface area contributed by atoms with E-state index < -0.39 is 0 Å². The van der Waals surface area contributed by atoms with Crippen LogP contribution in [0.3, 0.4) is 0 Å². The predicted octanol–water partition coefficient (Wildman–Crippen LogP) is 3.64. The molecule has 26 heavy (non-hydrogen) atoms. The van der Waals surface area contributed by atoms with E-state index in [4.69, 9.17) is 4.74 Å². The topological polar surface area (TPSA) is 80.3 Å². The molecule has 8 heteroatoms. The Bertz CT molecular complexity index is 873. The van der Waals surface area contributed by atoms with Crippen LogP contribution in [0.4, 0.5) is 5.13 Å². The highest BCUT2D eigenvalue weighted by Gasteiger charge is 2.11. The number of benzene rings is 1. The molecule has 134 valence electrons. The number of hydrogen-bond acceptors (Lipinski definition) is 6. The van der Waals surface area contributed by atoms with Crippen molar-refractivity contribution in [1.29, 1.82) is 0 Å². The van der Waals surface area contributed by atoms with E-state index in [1.54, 1.807) is 35.6 Å². The van der Waals surface area contributed by atoms with Crippen LogP contribution in [0.5, 0.6) is 5.75 Å². The summed E-state index contributed by atoms with van der Waals surface area (Å²) in [7, 11) is 0. The molecule has 0 bridgehead atoms. The molecule has 0 radical (unpaired) electrons. The molecule has 0 saturated carbocycles. The second-order valence-electron chi connectivity index (χ2n) is 5.20. The molecule has 0 aliphatic rings. The standard InChI is InChI=1S/C18H17N3O3S2/c1-2-24-13-7-5-12(6-8-13)17(23)19-10-16(22)21-18-20-14(11-26-18)15-4-3-9-25-15/h3-9,11H,2,10H2,1H3,(H,19,23)(H,20,21,22). The highest BCUT2D eigenvalue weighted by molar-refractivity contribution is 7.16. The van der Waals surface area contributed by atoms with Gasteiger partial charge < -0.3 is 15.4 Å². The third-order valence-electron chi connectivity index (χ3n) is 3.36. The van der Waals surface area contributed by atoms with Crippen molar-refractivity contribution in [2.24, 2.45) is 0 Å². The van der Waals surface area contributed by atoms with Gasteiger partial charge in [0.1, 0.15) is 5.75 Å². The van der Waals surface area contributed by atoms with Crippen LogP contribution < -0.4 is 15.4 Å². The van der Waals surface area contributed by atoms with E-state index in [0.29, 0.717) is 23.1 Å². The number of nitrogens with zero attached hydrogens (tertiary/aromatic N) is 1. The molecule has 2 heterocycles. The first kappa shape index (κ1) is 18.1. The molecule has 3 aromatic rings. The molecule has 0 atom stereocenters. The lowest BCUT2D eigenvalue weighted by Gasteiger charge is -2.06. The maximum Gasteiger partial charge on any atom is 0.251 e. The third kappa shape index (κ3) is 4.68. The normalized spacial score (nSPS) is 10.3. The summed E-state index contributed by atoms with van der Waals surface area (Å²) in [5.74, 6) is 0.0603. The summed E-state index contributed by atoms with van der Waals surface area (Å²) < 4.78 is 5.33. The van der Waals surface area contributed by atoms with Gasteiger partial charge in [0, 0.05) is 10.9 Å². The van der Waals surface area contributed by atoms with Gasteiger partial charge in [0.15, 0.2) is 5.13 Å². The summed E-state index contributed by atoms with van der Waals surface area (Å²) in [6.07, 6.45) is 0. The van der Waals surface area contributed by atoms with Crippen LogP contribution in [0.15, 0.2) is 47.2 Å². The predicted molar refractivity (Wildman–Crippen MR) is 104 cm³/mol. The van der Waals surface area contributed by atoms with Crippen LogP contribution in [-0.2, 0) is 4.79 Å². The van der Waals surface area contributed by atoms with Gasteiger partial charge in [-0.25, -0.2) is 4.98 Å². The van der Waals surface area contributed by atoms with Crippen molar-refractivity contribution in [3.8, 4) is 16.3 Å². The highest BCUT2D eigenvalue weighted by atomic mass is 32.1. The number of anilines is 1. The molecule has 0 fully saturated rings. The van der Waals surface area contributed by atoms with Gasteiger partial charge in [0.25, 0.3) is 5.91 Å². The number of hydrogen-bond donors (Lipinski definition) is 2. The van der Waals surface area contributed by atoms with Crippen LogP contribution in [0.2, 0.25) is 0 Å². The molecule has 0 spiro atoms. The van der Waals surface area contributed by atoms with E-state index in [9.17, 15) is 9.59 Å². The smallest absolute Gasteiger partial charge is 0.251 e. The van der Waals surface area contributed by atoms with Gasteiger partial charge in [-0.1, -0.05) is 6.07 Å². The molecule has 0 aliphatic carbocycles. The van der Waals surface area contributed by atoms with Gasteiger partial charge in [-0.2, -0.15) is 0 Å². The summed E-state index contributed by atoms with van der Waals surface area (Å²) in [6.45, 7) is 2.34. The van der Waals surface area contributed by atoms with Crippen LogP contribution in [0.1, 0.15) is 17.3 Å². The van der Waals surface area contributed by atoms with E-state index >= 15 is 0 Å². The second kappa shape index (κ2) is 8.59.